The molecule has 2 aromatic heterocycles. The minimum atomic E-state index is -0.314. The standard InChI is InChI=1S/C12H11FN6/c1-6-9-10(14)16-12(15)17-11(9)19(18-6)8-4-2-7(13)3-5-8/h2-5H,1H3,(H4,14,15,16,17). The molecule has 0 aliphatic rings. The fourth-order valence-electron chi connectivity index (χ4n) is 1.99. The van der Waals surface area contributed by atoms with Crippen molar-refractivity contribution in [1.29, 1.82) is 0 Å². The Hall–Kier alpha value is -2.70. The molecule has 6 nitrogen and oxygen atoms in total. The van der Waals surface area contributed by atoms with Crippen LogP contribution < -0.4 is 11.5 Å². The zero-order valence-electron chi connectivity index (χ0n) is 10.1. The monoisotopic (exact) mass is 258 g/mol. The predicted molar refractivity (Wildman–Crippen MR) is 70.2 cm³/mol. The van der Waals surface area contributed by atoms with Crippen LogP contribution in [0, 0.1) is 12.7 Å². The second-order valence-electron chi connectivity index (χ2n) is 4.14. The molecule has 4 N–H and O–H groups in total. The molecule has 1 aromatic carbocycles. The third-order valence-corrected chi connectivity index (χ3v) is 2.82. The maximum Gasteiger partial charge on any atom is 0.224 e. The van der Waals surface area contributed by atoms with E-state index < -0.39 is 0 Å². The summed E-state index contributed by atoms with van der Waals surface area (Å²) in [6, 6.07) is 5.92. The number of nitrogens with zero attached hydrogens (tertiary/aromatic N) is 4. The van der Waals surface area contributed by atoms with Crippen LogP contribution in [-0.2, 0) is 0 Å². The molecule has 0 amide bonds. The molecule has 2 heterocycles. The summed E-state index contributed by atoms with van der Waals surface area (Å²) < 4.78 is 14.5. The molecule has 0 radical (unpaired) electrons. The van der Waals surface area contributed by atoms with E-state index in [1.54, 1.807) is 23.7 Å². The number of aryl methyl sites for hydroxylation is 1. The number of nitrogen functional groups attached to an aromatic ring is 2. The second kappa shape index (κ2) is 3.91. The number of aromatic nitrogens is 4. The molecule has 3 aromatic rings. The third kappa shape index (κ3) is 1.75. The maximum atomic E-state index is 13.0. The molecule has 0 saturated heterocycles. The van der Waals surface area contributed by atoms with E-state index in [0.29, 0.717) is 22.4 Å². The summed E-state index contributed by atoms with van der Waals surface area (Å²) in [5, 5.41) is 5.00. The zero-order chi connectivity index (χ0) is 13.6. The molecule has 0 saturated carbocycles. The van der Waals surface area contributed by atoms with E-state index >= 15 is 0 Å². The fraction of sp³-hybridized carbons (Fsp3) is 0.0833. The lowest BCUT2D eigenvalue weighted by atomic mass is 10.3. The average Bonchev–Trinajstić information content (AvgIpc) is 2.67. The molecule has 19 heavy (non-hydrogen) atoms. The largest absolute Gasteiger partial charge is 0.383 e. The first-order chi connectivity index (χ1) is 9.06. The van der Waals surface area contributed by atoms with Gasteiger partial charge >= 0.3 is 0 Å². The number of hydrogen-bond acceptors (Lipinski definition) is 5. The topological polar surface area (TPSA) is 95.6 Å². The first kappa shape index (κ1) is 11.4. The number of fused-ring (bicyclic) bond motifs is 1. The summed E-state index contributed by atoms with van der Waals surface area (Å²) >= 11 is 0. The Morgan fingerprint density at radius 2 is 1.79 bits per heavy atom. The lowest BCUT2D eigenvalue weighted by Crippen LogP contribution is -2.03. The van der Waals surface area contributed by atoms with Crippen molar-refractivity contribution in [1.82, 2.24) is 19.7 Å². The number of anilines is 2. The fourth-order valence-corrected chi connectivity index (χ4v) is 1.99. The van der Waals surface area contributed by atoms with Gasteiger partial charge in [-0.25, -0.2) is 9.07 Å². The minimum Gasteiger partial charge on any atom is -0.383 e. The summed E-state index contributed by atoms with van der Waals surface area (Å²) in [5.74, 6) is 0.0483. The Balaban J connectivity index is 2.33. The van der Waals surface area contributed by atoms with E-state index in [4.69, 9.17) is 11.5 Å². The highest BCUT2D eigenvalue weighted by Gasteiger charge is 2.14. The Kier molecular flexibility index (Phi) is 2.34. The Morgan fingerprint density at radius 1 is 1.11 bits per heavy atom. The van der Waals surface area contributed by atoms with Crippen LogP contribution >= 0.6 is 0 Å². The lowest BCUT2D eigenvalue weighted by Gasteiger charge is -2.03. The minimum absolute atomic E-state index is 0.0771. The van der Waals surface area contributed by atoms with Gasteiger partial charge in [-0.2, -0.15) is 15.1 Å². The molecule has 0 fully saturated rings. The number of halogens is 1. The van der Waals surface area contributed by atoms with Crippen LogP contribution in [0.5, 0.6) is 0 Å². The molecule has 0 spiro atoms. The van der Waals surface area contributed by atoms with E-state index in [1.165, 1.54) is 12.1 Å². The van der Waals surface area contributed by atoms with Gasteiger partial charge in [-0.1, -0.05) is 0 Å². The number of benzene rings is 1. The SMILES string of the molecule is Cc1nn(-c2ccc(F)cc2)c2nc(N)nc(N)c12. The molecule has 0 bridgehead atoms. The third-order valence-electron chi connectivity index (χ3n) is 2.82. The summed E-state index contributed by atoms with van der Waals surface area (Å²) in [6.45, 7) is 1.80. The van der Waals surface area contributed by atoms with Gasteiger partial charge in [0.2, 0.25) is 5.95 Å². The van der Waals surface area contributed by atoms with Crippen LogP contribution in [0.4, 0.5) is 16.2 Å². The highest BCUT2D eigenvalue weighted by molar-refractivity contribution is 5.90. The Bertz CT molecular complexity index is 762. The van der Waals surface area contributed by atoms with Crippen molar-refractivity contribution in [2.24, 2.45) is 0 Å². The maximum absolute atomic E-state index is 13.0. The van der Waals surface area contributed by atoms with Crippen molar-refractivity contribution in [3.8, 4) is 5.69 Å². The van der Waals surface area contributed by atoms with Gasteiger partial charge < -0.3 is 11.5 Å². The van der Waals surface area contributed by atoms with E-state index in [0.717, 1.165) is 0 Å². The molecule has 0 aliphatic carbocycles. The summed E-state index contributed by atoms with van der Waals surface area (Å²) in [4.78, 5) is 8.06. The van der Waals surface area contributed by atoms with Gasteiger partial charge in [0.1, 0.15) is 11.6 Å². The van der Waals surface area contributed by atoms with Gasteiger partial charge in [-0.05, 0) is 31.2 Å². The molecular weight excluding hydrogens is 247 g/mol. The van der Waals surface area contributed by atoms with E-state index in [9.17, 15) is 4.39 Å². The van der Waals surface area contributed by atoms with Gasteiger partial charge in [0.05, 0.1) is 16.8 Å². The van der Waals surface area contributed by atoms with Crippen molar-refractivity contribution in [2.45, 2.75) is 6.92 Å². The highest BCUT2D eigenvalue weighted by atomic mass is 19.1. The molecule has 0 aliphatic heterocycles. The van der Waals surface area contributed by atoms with Crippen molar-refractivity contribution in [3.05, 3.63) is 35.8 Å². The van der Waals surface area contributed by atoms with Crippen LogP contribution in [0.2, 0.25) is 0 Å². The van der Waals surface area contributed by atoms with Crippen molar-refractivity contribution in [3.63, 3.8) is 0 Å². The summed E-state index contributed by atoms with van der Waals surface area (Å²) in [6.07, 6.45) is 0. The van der Waals surface area contributed by atoms with Crippen LogP contribution in [0.25, 0.3) is 16.7 Å². The highest BCUT2D eigenvalue weighted by Crippen LogP contribution is 2.24. The van der Waals surface area contributed by atoms with E-state index in [1.807, 2.05) is 0 Å². The quantitative estimate of drug-likeness (QED) is 0.688. The van der Waals surface area contributed by atoms with Crippen molar-refractivity contribution >= 4 is 22.8 Å². The molecule has 96 valence electrons. The van der Waals surface area contributed by atoms with Gasteiger partial charge in [0, 0.05) is 0 Å². The predicted octanol–water partition coefficient (Wildman–Crippen LogP) is 1.43. The smallest absolute Gasteiger partial charge is 0.224 e. The van der Waals surface area contributed by atoms with Crippen molar-refractivity contribution in [2.75, 3.05) is 11.5 Å². The summed E-state index contributed by atoms with van der Waals surface area (Å²) in [5.41, 5.74) is 13.3. The van der Waals surface area contributed by atoms with Crippen molar-refractivity contribution < 1.29 is 4.39 Å². The zero-order valence-corrected chi connectivity index (χ0v) is 10.1. The van der Waals surface area contributed by atoms with Gasteiger partial charge in [0.25, 0.3) is 0 Å². The molecule has 0 unspecified atom stereocenters. The number of hydrogen-bond donors (Lipinski definition) is 2. The first-order valence-corrected chi connectivity index (χ1v) is 5.60. The first-order valence-electron chi connectivity index (χ1n) is 5.60. The van der Waals surface area contributed by atoms with Crippen LogP contribution in [0.15, 0.2) is 24.3 Å². The van der Waals surface area contributed by atoms with E-state index in [2.05, 4.69) is 15.1 Å². The average molecular weight is 258 g/mol. The van der Waals surface area contributed by atoms with Gasteiger partial charge in [-0.15, -0.1) is 0 Å². The number of nitrogens with two attached hydrogens (primary N) is 2. The van der Waals surface area contributed by atoms with Crippen LogP contribution in [-0.4, -0.2) is 19.7 Å². The summed E-state index contributed by atoms with van der Waals surface area (Å²) in [7, 11) is 0. The van der Waals surface area contributed by atoms with Crippen LogP contribution in [0.3, 0.4) is 0 Å². The molecule has 7 heteroatoms. The Labute approximate surface area is 107 Å². The molecule has 3 rings (SSSR count). The second-order valence-corrected chi connectivity index (χ2v) is 4.14. The van der Waals surface area contributed by atoms with Crippen LogP contribution in [0.1, 0.15) is 5.69 Å². The number of rotatable bonds is 1. The Morgan fingerprint density at radius 3 is 2.47 bits per heavy atom. The molecular formula is C12H11FN6. The van der Waals surface area contributed by atoms with Gasteiger partial charge in [0.15, 0.2) is 5.65 Å². The lowest BCUT2D eigenvalue weighted by molar-refractivity contribution is 0.627. The van der Waals surface area contributed by atoms with E-state index in [-0.39, 0.29) is 17.6 Å². The van der Waals surface area contributed by atoms with Gasteiger partial charge in [-0.3, -0.25) is 0 Å². The normalized spacial score (nSPS) is 11.1. The molecule has 0 atom stereocenters.